The van der Waals surface area contributed by atoms with Crippen molar-refractivity contribution in [3.63, 3.8) is 0 Å². The fourth-order valence-corrected chi connectivity index (χ4v) is 3.28. The average molecular weight is 323 g/mol. The SMILES string of the molecule is CC(=O)NC[C@H]1COCc2nc3cc(S(C)(=O)=O)ccc3n21. The van der Waals surface area contributed by atoms with Gasteiger partial charge in [0.1, 0.15) is 12.4 Å². The second kappa shape index (κ2) is 5.36. The molecule has 0 fully saturated rings. The lowest BCUT2D eigenvalue weighted by molar-refractivity contribution is -0.119. The standard InChI is InChI=1S/C14H17N3O4S/c1-9(18)15-6-10-7-21-8-14-16-12-5-11(22(2,19)20)3-4-13(12)17(10)14/h3-5,10H,6-8H2,1-2H3,(H,15,18)/t10-/m0/s1. The van der Waals surface area contributed by atoms with E-state index in [0.717, 1.165) is 11.3 Å². The molecule has 0 spiro atoms. The predicted molar refractivity (Wildman–Crippen MR) is 80.2 cm³/mol. The number of rotatable bonds is 3. The van der Waals surface area contributed by atoms with Gasteiger partial charge in [0, 0.05) is 19.7 Å². The lowest BCUT2D eigenvalue weighted by Crippen LogP contribution is -2.34. The maximum Gasteiger partial charge on any atom is 0.216 e. The summed E-state index contributed by atoms with van der Waals surface area (Å²) in [6.07, 6.45) is 1.17. The molecular formula is C14H17N3O4S. The van der Waals surface area contributed by atoms with Crippen LogP contribution in [0.3, 0.4) is 0 Å². The predicted octanol–water partition coefficient (Wildman–Crippen LogP) is 0.647. The number of nitrogens with one attached hydrogen (secondary N) is 1. The largest absolute Gasteiger partial charge is 0.371 e. The molecule has 2 aromatic rings. The van der Waals surface area contributed by atoms with Gasteiger partial charge < -0.3 is 14.6 Å². The van der Waals surface area contributed by atoms with Crippen molar-refractivity contribution in [3.05, 3.63) is 24.0 Å². The van der Waals surface area contributed by atoms with E-state index in [1.165, 1.54) is 13.2 Å². The number of hydrogen-bond donors (Lipinski definition) is 1. The maximum absolute atomic E-state index is 11.7. The second-order valence-corrected chi connectivity index (χ2v) is 7.44. The molecule has 1 atom stereocenters. The minimum Gasteiger partial charge on any atom is -0.371 e. The Morgan fingerprint density at radius 3 is 2.95 bits per heavy atom. The van der Waals surface area contributed by atoms with Crippen molar-refractivity contribution in [1.82, 2.24) is 14.9 Å². The molecule has 0 unspecified atom stereocenters. The van der Waals surface area contributed by atoms with E-state index in [0.29, 0.717) is 25.3 Å². The van der Waals surface area contributed by atoms with Crippen LogP contribution in [0.15, 0.2) is 23.1 Å². The molecule has 1 aromatic heterocycles. The van der Waals surface area contributed by atoms with E-state index in [4.69, 9.17) is 4.74 Å². The molecule has 22 heavy (non-hydrogen) atoms. The highest BCUT2D eigenvalue weighted by atomic mass is 32.2. The first-order chi connectivity index (χ1) is 10.4. The molecule has 0 saturated heterocycles. The van der Waals surface area contributed by atoms with Gasteiger partial charge in [0.25, 0.3) is 0 Å². The smallest absolute Gasteiger partial charge is 0.216 e. The Morgan fingerprint density at radius 1 is 1.50 bits per heavy atom. The van der Waals surface area contributed by atoms with Crippen molar-refractivity contribution in [2.24, 2.45) is 0 Å². The van der Waals surface area contributed by atoms with Crippen molar-refractivity contribution in [2.75, 3.05) is 19.4 Å². The van der Waals surface area contributed by atoms with E-state index in [9.17, 15) is 13.2 Å². The van der Waals surface area contributed by atoms with Gasteiger partial charge in [-0.05, 0) is 18.2 Å². The zero-order valence-corrected chi connectivity index (χ0v) is 13.2. The number of carbonyl (C=O) groups is 1. The van der Waals surface area contributed by atoms with E-state index in [-0.39, 0.29) is 16.8 Å². The average Bonchev–Trinajstić information content (AvgIpc) is 2.82. The molecular weight excluding hydrogens is 306 g/mol. The molecule has 7 nitrogen and oxygen atoms in total. The first kappa shape index (κ1) is 15.0. The Balaban J connectivity index is 2.06. The van der Waals surface area contributed by atoms with E-state index in [1.54, 1.807) is 18.2 Å². The molecule has 1 N–H and O–H groups in total. The molecule has 0 bridgehead atoms. The van der Waals surface area contributed by atoms with Gasteiger partial charge in [0.15, 0.2) is 9.84 Å². The molecule has 1 aliphatic rings. The molecule has 8 heteroatoms. The van der Waals surface area contributed by atoms with E-state index < -0.39 is 9.84 Å². The minimum atomic E-state index is -3.27. The van der Waals surface area contributed by atoms with Crippen LogP contribution in [0.2, 0.25) is 0 Å². The number of ether oxygens (including phenoxy) is 1. The highest BCUT2D eigenvalue weighted by molar-refractivity contribution is 7.90. The van der Waals surface area contributed by atoms with Gasteiger partial charge in [0.2, 0.25) is 5.91 Å². The van der Waals surface area contributed by atoms with E-state index in [1.807, 2.05) is 4.57 Å². The van der Waals surface area contributed by atoms with Gasteiger partial charge in [0.05, 0.1) is 28.6 Å². The molecule has 0 aliphatic carbocycles. The minimum absolute atomic E-state index is 0.0540. The lowest BCUT2D eigenvalue weighted by Gasteiger charge is -2.26. The van der Waals surface area contributed by atoms with Crippen molar-refractivity contribution in [2.45, 2.75) is 24.5 Å². The molecule has 0 radical (unpaired) electrons. The van der Waals surface area contributed by atoms with Gasteiger partial charge >= 0.3 is 0 Å². The van der Waals surface area contributed by atoms with Gasteiger partial charge in [-0.25, -0.2) is 13.4 Å². The fourth-order valence-electron chi connectivity index (χ4n) is 2.64. The highest BCUT2D eigenvalue weighted by Crippen LogP contribution is 2.27. The Labute approximate surface area is 128 Å². The zero-order valence-electron chi connectivity index (χ0n) is 12.4. The molecule has 0 saturated carbocycles. The summed E-state index contributed by atoms with van der Waals surface area (Å²) < 4.78 is 30.8. The van der Waals surface area contributed by atoms with Crippen LogP contribution in [0.25, 0.3) is 11.0 Å². The third-order valence-corrected chi connectivity index (χ3v) is 4.77. The van der Waals surface area contributed by atoms with E-state index >= 15 is 0 Å². The number of sulfone groups is 1. The topological polar surface area (TPSA) is 90.3 Å². The molecule has 3 rings (SSSR count). The number of amides is 1. The van der Waals surface area contributed by atoms with Crippen molar-refractivity contribution < 1.29 is 17.9 Å². The normalized spacial score (nSPS) is 18.2. The number of aromatic nitrogens is 2. The molecule has 1 aromatic carbocycles. The maximum atomic E-state index is 11.7. The molecule has 1 amide bonds. The molecule has 1 aliphatic heterocycles. The number of fused-ring (bicyclic) bond motifs is 3. The van der Waals surface area contributed by atoms with Gasteiger partial charge in [-0.3, -0.25) is 4.79 Å². The number of benzene rings is 1. The number of imidazole rings is 1. The summed E-state index contributed by atoms with van der Waals surface area (Å²) >= 11 is 0. The first-order valence-electron chi connectivity index (χ1n) is 6.89. The second-order valence-electron chi connectivity index (χ2n) is 5.43. The Hall–Kier alpha value is -1.93. The summed E-state index contributed by atoms with van der Waals surface area (Å²) in [5, 5.41) is 2.78. The van der Waals surface area contributed by atoms with Crippen LogP contribution in [0, 0.1) is 0 Å². The van der Waals surface area contributed by atoms with Crippen molar-refractivity contribution in [1.29, 1.82) is 0 Å². The zero-order chi connectivity index (χ0) is 15.9. The van der Waals surface area contributed by atoms with Gasteiger partial charge in [-0.2, -0.15) is 0 Å². The summed E-state index contributed by atoms with van der Waals surface area (Å²) in [5.41, 5.74) is 1.47. The summed E-state index contributed by atoms with van der Waals surface area (Å²) in [5.74, 6) is 0.637. The van der Waals surface area contributed by atoms with Crippen molar-refractivity contribution in [3.8, 4) is 0 Å². The Bertz CT molecular complexity index is 841. The van der Waals surface area contributed by atoms with Crippen LogP contribution in [-0.4, -0.2) is 43.3 Å². The van der Waals surface area contributed by atoms with Crippen LogP contribution in [0.4, 0.5) is 0 Å². The van der Waals surface area contributed by atoms with Crippen LogP contribution in [0.5, 0.6) is 0 Å². The van der Waals surface area contributed by atoms with Crippen LogP contribution in [-0.2, 0) is 26.0 Å². The number of carbonyl (C=O) groups excluding carboxylic acids is 1. The first-order valence-corrected chi connectivity index (χ1v) is 8.78. The van der Waals surface area contributed by atoms with Gasteiger partial charge in [-0.15, -0.1) is 0 Å². The van der Waals surface area contributed by atoms with Crippen LogP contribution >= 0.6 is 0 Å². The van der Waals surface area contributed by atoms with Gasteiger partial charge in [-0.1, -0.05) is 0 Å². The van der Waals surface area contributed by atoms with Crippen LogP contribution < -0.4 is 5.32 Å². The highest BCUT2D eigenvalue weighted by Gasteiger charge is 2.24. The van der Waals surface area contributed by atoms with Crippen LogP contribution in [0.1, 0.15) is 18.8 Å². The molecule has 2 heterocycles. The Morgan fingerprint density at radius 2 is 2.27 bits per heavy atom. The fraction of sp³-hybridized carbons (Fsp3) is 0.429. The Kier molecular flexibility index (Phi) is 3.65. The quantitative estimate of drug-likeness (QED) is 0.895. The third kappa shape index (κ3) is 2.71. The number of nitrogens with zero attached hydrogens (tertiary/aromatic N) is 2. The summed E-state index contributed by atoms with van der Waals surface area (Å²) in [6.45, 7) is 2.77. The summed E-state index contributed by atoms with van der Waals surface area (Å²) in [6, 6.07) is 4.86. The summed E-state index contributed by atoms with van der Waals surface area (Å²) in [4.78, 5) is 15.8. The molecule has 118 valence electrons. The summed E-state index contributed by atoms with van der Waals surface area (Å²) in [7, 11) is -3.27. The van der Waals surface area contributed by atoms with Crippen molar-refractivity contribution >= 4 is 26.8 Å². The van der Waals surface area contributed by atoms with E-state index in [2.05, 4.69) is 10.3 Å². The number of hydrogen-bond acceptors (Lipinski definition) is 5. The monoisotopic (exact) mass is 323 g/mol. The third-order valence-electron chi connectivity index (χ3n) is 3.66. The lowest BCUT2D eigenvalue weighted by atomic mass is 10.2.